The first-order valence-electron chi connectivity index (χ1n) is 9.15. The molecule has 0 bridgehead atoms. The summed E-state index contributed by atoms with van der Waals surface area (Å²) in [6, 6.07) is 13.1. The Kier molecular flexibility index (Phi) is 8.42. The Morgan fingerprint density at radius 2 is 1.64 bits per heavy atom. The number of hydrogen-bond donors (Lipinski definition) is 3. The monoisotopic (exact) mass is 387 g/mol. The normalized spacial score (nSPS) is 12.2. The summed E-state index contributed by atoms with van der Waals surface area (Å²) >= 11 is 0. The van der Waals surface area contributed by atoms with Crippen LogP contribution in [0.5, 0.6) is 17.2 Å². The van der Waals surface area contributed by atoms with Crippen molar-refractivity contribution >= 4 is 5.96 Å². The summed E-state index contributed by atoms with van der Waals surface area (Å²) in [5.74, 6) is 2.69. The number of hydrogen-bond acceptors (Lipinski definition) is 5. The van der Waals surface area contributed by atoms with Gasteiger partial charge in [0.1, 0.15) is 17.2 Å². The number of guanidine groups is 1. The van der Waals surface area contributed by atoms with Gasteiger partial charge in [-0.1, -0.05) is 12.1 Å². The molecule has 0 saturated carbocycles. The highest BCUT2D eigenvalue weighted by Crippen LogP contribution is 2.26. The van der Waals surface area contributed by atoms with Gasteiger partial charge in [0.25, 0.3) is 0 Å². The molecule has 0 aliphatic rings. The van der Waals surface area contributed by atoms with Crippen molar-refractivity contribution in [1.29, 1.82) is 0 Å². The molecule has 2 rings (SSSR count). The van der Waals surface area contributed by atoms with E-state index in [1.807, 2.05) is 31.2 Å². The van der Waals surface area contributed by atoms with Crippen LogP contribution in [0.2, 0.25) is 0 Å². The summed E-state index contributed by atoms with van der Waals surface area (Å²) in [5, 5.41) is 16.9. The number of aliphatic imine (C=N–C) groups is 1. The minimum atomic E-state index is -0.746. The second kappa shape index (κ2) is 11.0. The molecule has 7 heteroatoms. The molecule has 0 saturated heterocycles. The van der Waals surface area contributed by atoms with Gasteiger partial charge in [-0.25, -0.2) is 4.99 Å². The lowest BCUT2D eigenvalue weighted by Crippen LogP contribution is -2.39. The third-order valence-electron chi connectivity index (χ3n) is 4.12. The molecule has 1 unspecified atom stereocenters. The molecule has 0 amide bonds. The Balaban J connectivity index is 2.03. The molecule has 1 atom stereocenters. The Morgan fingerprint density at radius 3 is 2.25 bits per heavy atom. The van der Waals surface area contributed by atoms with Crippen LogP contribution in [0.15, 0.2) is 47.5 Å². The van der Waals surface area contributed by atoms with Crippen LogP contribution in [0.25, 0.3) is 0 Å². The van der Waals surface area contributed by atoms with Gasteiger partial charge in [0.15, 0.2) is 5.96 Å². The average molecular weight is 387 g/mol. The fourth-order valence-corrected chi connectivity index (χ4v) is 2.62. The van der Waals surface area contributed by atoms with Crippen LogP contribution in [0.1, 0.15) is 24.2 Å². The second-order valence-electron chi connectivity index (χ2n) is 6.09. The molecular formula is C21H29N3O4. The van der Waals surface area contributed by atoms with E-state index < -0.39 is 6.10 Å². The van der Waals surface area contributed by atoms with Crippen molar-refractivity contribution < 1.29 is 19.3 Å². The SMILES string of the molecule is CCNC(=NCc1cccc(OC)c1)NCC(O)c1cc(OC)cc(OC)c1. The third-order valence-corrected chi connectivity index (χ3v) is 4.12. The first kappa shape index (κ1) is 21.4. The number of nitrogens with zero attached hydrogens (tertiary/aromatic N) is 1. The van der Waals surface area contributed by atoms with E-state index in [4.69, 9.17) is 14.2 Å². The van der Waals surface area contributed by atoms with Crippen molar-refractivity contribution in [3.8, 4) is 17.2 Å². The second-order valence-corrected chi connectivity index (χ2v) is 6.09. The molecule has 2 aromatic rings. The van der Waals surface area contributed by atoms with Crippen LogP contribution < -0.4 is 24.8 Å². The molecule has 152 valence electrons. The highest BCUT2D eigenvalue weighted by molar-refractivity contribution is 5.79. The zero-order valence-corrected chi connectivity index (χ0v) is 16.9. The number of ether oxygens (including phenoxy) is 3. The van der Waals surface area contributed by atoms with E-state index in [0.29, 0.717) is 42.7 Å². The predicted octanol–water partition coefficient (Wildman–Crippen LogP) is 2.50. The van der Waals surface area contributed by atoms with Gasteiger partial charge in [0, 0.05) is 19.2 Å². The lowest BCUT2D eigenvalue weighted by Gasteiger charge is -2.17. The van der Waals surface area contributed by atoms with Crippen molar-refractivity contribution in [1.82, 2.24) is 10.6 Å². The zero-order valence-electron chi connectivity index (χ0n) is 16.9. The maximum absolute atomic E-state index is 10.6. The molecule has 7 nitrogen and oxygen atoms in total. The van der Waals surface area contributed by atoms with E-state index >= 15 is 0 Å². The number of methoxy groups -OCH3 is 3. The third kappa shape index (κ3) is 6.35. The summed E-state index contributed by atoms with van der Waals surface area (Å²) in [4.78, 5) is 4.57. The highest BCUT2D eigenvalue weighted by Gasteiger charge is 2.12. The van der Waals surface area contributed by atoms with Gasteiger partial charge in [-0.2, -0.15) is 0 Å². The van der Waals surface area contributed by atoms with E-state index in [0.717, 1.165) is 11.3 Å². The van der Waals surface area contributed by atoms with Gasteiger partial charge < -0.3 is 30.0 Å². The van der Waals surface area contributed by atoms with E-state index in [1.165, 1.54) is 0 Å². The van der Waals surface area contributed by atoms with Crippen molar-refractivity contribution in [2.75, 3.05) is 34.4 Å². The standard InChI is InChI=1S/C21H29N3O4/c1-5-22-21(23-13-15-7-6-8-17(9-15)26-2)24-14-20(25)16-10-18(27-3)12-19(11-16)28-4/h6-12,20,25H,5,13-14H2,1-4H3,(H2,22,23,24). The average Bonchev–Trinajstić information content (AvgIpc) is 2.75. The Bertz CT molecular complexity index is 758. The predicted molar refractivity (Wildman–Crippen MR) is 110 cm³/mol. The molecule has 0 radical (unpaired) electrons. The van der Waals surface area contributed by atoms with Crippen LogP contribution in [0.3, 0.4) is 0 Å². The van der Waals surface area contributed by atoms with Crippen molar-refractivity contribution in [2.45, 2.75) is 19.6 Å². The molecule has 0 heterocycles. The minimum Gasteiger partial charge on any atom is -0.497 e. The molecule has 3 N–H and O–H groups in total. The number of rotatable bonds is 9. The van der Waals surface area contributed by atoms with Crippen molar-refractivity contribution in [2.24, 2.45) is 4.99 Å². The molecule has 2 aromatic carbocycles. The fraction of sp³-hybridized carbons (Fsp3) is 0.381. The Morgan fingerprint density at radius 1 is 0.964 bits per heavy atom. The molecule has 0 aromatic heterocycles. The van der Waals surface area contributed by atoms with Gasteiger partial charge in [0.2, 0.25) is 0 Å². The van der Waals surface area contributed by atoms with Crippen LogP contribution in [-0.2, 0) is 6.54 Å². The van der Waals surface area contributed by atoms with E-state index in [-0.39, 0.29) is 0 Å². The largest absolute Gasteiger partial charge is 0.497 e. The summed E-state index contributed by atoms with van der Waals surface area (Å²) in [5.41, 5.74) is 1.74. The molecule has 0 aliphatic carbocycles. The molecule has 0 spiro atoms. The number of benzene rings is 2. The first-order valence-corrected chi connectivity index (χ1v) is 9.15. The van der Waals surface area contributed by atoms with E-state index in [1.54, 1.807) is 39.5 Å². The van der Waals surface area contributed by atoms with Crippen molar-refractivity contribution in [3.05, 3.63) is 53.6 Å². The van der Waals surface area contributed by atoms with Gasteiger partial charge in [-0.3, -0.25) is 0 Å². The van der Waals surface area contributed by atoms with Crippen LogP contribution in [-0.4, -0.2) is 45.5 Å². The number of aliphatic hydroxyl groups excluding tert-OH is 1. The van der Waals surface area contributed by atoms with Crippen molar-refractivity contribution in [3.63, 3.8) is 0 Å². The number of nitrogens with one attached hydrogen (secondary N) is 2. The maximum Gasteiger partial charge on any atom is 0.191 e. The Labute approximate surface area is 166 Å². The van der Waals surface area contributed by atoms with Crippen LogP contribution in [0.4, 0.5) is 0 Å². The van der Waals surface area contributed by atoms with Gasteiger partial charge in [-0.05, 0) is 42.3 Å². The maximum atomic E-state index is 10.6. The quantitative estimate of drug-likeness (QED) is 0.453. The zero-order chi connectivity index (χ0) is 20.4. The highest BCUT2D eigenvalue weighted by atomic mass is 16.5. The molecular weight excluding hydrogens is 358 g/mol. The van der Waals surface area contributed by atoms with Crippen LogP contribution >= 0.6 is 0 Å². The smallest absolute Gasteiger partial charge is 0.191 e. The first-order chi connectivity index (χ1) is 13.6. The summed E-state index contributed by atoms with van der Waals surface area (Å²) < 4.78 is 15.8. The molecule has 0 fully saturated rings. The van der Waals surface area contributed by atoms with Gasteiger partial charge >= 0.3 is 0 Å². The van der Waals surface area contributed by atoms with Gasteiger partial charge in [-0.15, -0.1) is 0 Å². The Hall–Kier alpha value is -2.93. The minimum absolute atomic E-state index is 0.292. The molecule has 28 heavy (non-hydrogen) atoms. The summed E-state index contributed by atoms with van der Waals surface area (Å²) in [7, 11) is 4.80. The lowest BCUT2D eigenvalue weighted by molar-refractivity contribution is 0.180. The molecule has 0 aliphatic heterocycles. The number of aliphatic hydroxyl groups is 1. The topological polar surface area (TPSA) is 84.3 Å². The lowest BCUT2D eigenvalue weighted by atomic mass is 10.1. The fourth-order valence-electron chi connectivity index (χ4n) is 2.62. The summed E-state index contributed by atoms with van der Waals surface area (Å²) in [6.07, 6.45) is -0.746. The van der Waals surface area contributed by atoms with Gasteiger partial charge in [0.05, 0.1) is 34.0 Å². The van der Waals surface area contributed by atoms with E-state index in [9.17, 15) is 5.11 Å². The summed E-state index contributed by atoms with van der Waals surface area (Å²) in [6.45, 7) is 3.50. The van der Waals surface area contributed by atoms with E-state index in [2.05, 4.69) is 15.6 Å². The van der Waals surface area contributed by atoms with Crippen LogP contribution in [0, 0.1) is 0 Å².